The third-order valence-corrected chi connectivity index (χ3v) is 3.38. The number of aromatic nitrogens is 3. The van der Waals surface area contributed by atoms with Crippen LogP contribution < -0.4 is 0 Å². The first-order valence-electron chi connectivity index (χ1n) is 6.64. The first kappa shape index (κ1) is 16.8. The Hall–Kier alpha value is -3.09. The van der Waals surface area contributed by atoms with Crippen LogP contribution in [0, 0.1) is 11.3 Å². The van der Waals surface area contributed by atoms with Crippen LogP contribution in [0.1, 0.15) is 17.0 Å². The van der Waals surface area contributed by atoms with Crippen LogP contribution in [-0.4, -0.2) is 14.4 Å². The number of nitriles is 1. The molecule has 0 unspecified atom stereocenters. The maximum Gasteiger partial charge on any atom is 0.431 e. The van der Waals surface area contributed by atoms with Gasteiger partial charge in [-0.05, 0) is 18.2 Å². The number of halogens is 6. The Labute approximate surface area is 136 Å². The zero-order valence-electron chi connectivity index (χ0n) is 12.0. The quantitative estimate of drug-likeness (QED) is 0.611. The zero-order chi connectivity index (χ0) is 18.4. The van der Waals surface area contributed by atoms with Gasteiger partial charge in [0.15, 0.2) is 11.3 Å². The van der Waals surface area contributed by atoms with Gasteiger partial charge in [0.2, 0.25) is 0 Å². The van der Waals surface area contributed by atoms with Crippen LogP contribution in [0.15, 0.2) is 36.7 Å². The van der Waals surface area contributed by atoms with E-state index in [9.17, 15) is 26.3 Å². The molecule has 0 radical (unpaired) electrons. The maximum absolute atomic E-state index is 13.3. The summed E-state index contributed by atoms with van der Waals surface area (Å²) in [5.74, 6) is 0. The topological polar surface area (TPSA) is 54.0 Å². The predicted octanol–water partition coefficient (Wildman–Crippen LogP) is 4.31. The van der Waals surface area contributed by atoms with Gasteiger partial charge in [-0.2, -0.15) is 31.6 Å². The number of rotatable bonds is 1. The average molecular weight is 356 g/mol. The Morgan fingerprint density at radius 3 is 2.32 bits per heavy atom. The molecule has 0 N–H and O–H groups in total. The molecular weight excluding hydrogens is 350 g/mol. The van der Waals surface area contributed by atoms with E-state index in [1.165, 1.54) is 6.07 Å². The van der Waals surface area contributed by atoms with E-state index in [1.54, 1.807) is 6.07 Å². The fourth-order valence-corrected chi connectivity index (χ4v) is 2.27. The Balaban J connectivity index is 2.29. The summed E-state index contributed by atoms with van der Waals surface area (Å²) in [6.45, 7) is 0. The highest BCUT2D eigenvalue weighted by atomic mass is 19.4. The largest absolute Gasteiger partial charge is 0.431 e. The van der Waals surface area contributed by atoms with Crippen molar-refractivity contribution >= 4 is 5.65 Å². The zero-order valence-corrected chi connectivity index (χ0v) is 12.0. The number of alkyl halides is 6. The molecule has 0 saturated carbocycles. The SMILES string of the molecule is N#Cc1ncn2c(C(F)(F)F)cc(-c3cccc(C(F)(F)F)c3)nc12. The van der Waals surface area contributed by atoms with Gasteiger partial charge >= 0.3 is 12.4 Å². The smallest absolute Gasteiger partial charge is 0.278 e. The molecule has 10 heteroatoms. The van der Waals surface area contributed by atoms with E-state index in [0.717, 1.165) is 18.5 Å². The fraction of sp³-hybridized carbons (Fsp3) is 0.133. The molecule has 3 rings (SSSR count). The van der Waals surface area contributed by atoms with Gasteiger partial charge in [-0.1, -0.05) is 12.1 Å². The van der Waals surface area contributed by atoms with Crippen molar-refractivity contribution in [3.63, 3.8) is 0 Å². The summed E-state index contributed by atoms with van der Waals surface area (Å²) >= 11 is 0. The van der Waals surface area contributed by atoms with Gasteiger partial charge in [0, 0.05) is 5.56 Å². The van der Waals surface area contributed by atoms with Gasteiger partial charge in [0.25, 0.3) is 0 Å². The summed E-state index contributed by atoms with van der Waals surface area (Å²) in [5.41, 5.74) is -3.46. The van der Waals surface area contributed by atoms with Gasteiger partial charge in [-0.25, -0.2) is 9.97 Å². The Bertz CT molecular complexity index is 994. The highest BCUT2D eigenvalue weighted by Gasteiger charge is 2.35. The number of fused-ring (bicyclic) bond motifs is 1. The molecule has 0 saturated heterocycles. The second-order valence-corrected chi connectivity index (χ2v) is 5.00. The van der Waals surface area contributed by atoms with Crippen molar-refractivity contribution in [2.45, 2.75) is 12.4 Å². The van der Waals surface area contributed by atoms with Crippen molar-refractivity contribution in [1.82, 2.24) is 14.4 Å². The molecule has 2 aromatic heterocycles. The van der Waals surface area contributed by atoms with Gasteiger partial charge in [0.05, 0.1) is 11.3 Å². The van der Waals surface area contributed by atoms with Crippen molar-refractivity contribution in [3.8, 4) is 17.3 Å². The van der Waals surface area contributed by atoms with Crippen LogP contribution in [0.25, 0.3) is 16.9 Å². The van der Waals surface area contributed by atoms with Crippen LogP contribution in [0.3, 0.4) is 0 Å². The number of hydrogen-bond acceptors (Lipinski definition) is 3. The average Bonchev–Trinajstić information content (AvgIpc) is 2.95. The van der Waals surface area contributed by atoms with Crippen LogP contribution >= 0.6 is 0 Å². The molecule has 0 aliphatic heterocycles. The minimum atomic E-state index is -4.81. The number of nitrogens with zero attached hydrogens (tertiary/aromatic N) is 4. The summed E-state index contributed by atoms with van der Waals surface area (Å²) < 4.78 is 78.8. The lowest BCUT2D eigenvalue weighted by molar-refractivity contribution is -0.142. The van der Waals surface area contributed by atoms with Crippen LogP contribution in [0.5, 0.6) is 0 Å². The molecule has 1 aromatic carbocycles. The van der Waals surface area contributed by atoms with Gasteiger partial charge in [0.1, 0.15) is 18.1 Å². The molecule has 0 spiro atoms. The van der Waals surface area contributed by atoms with Gasteiger partial charge < -0.3 is 0 Å². The minimum absolute atomic E-state index is 0.159. The molecule has 25 heavy (non-hydrogen) atoms. The lowest BCUT2D eigenvalue weighted by atomic mass is 10.1. The first-order valence-corrected chi connectivity index (χ1v) is 6.64. The van der Waals surface area contributed by atoms with E-state index in [-0.39, 0.29) is 22.6 Å². The molecule has 0 fully saturated rings. The lowest BCUT2D eigenvalue weighted by Crippen LogP contribution is -2.12. The molecule has 4 nitrogen and oxygen atoms in total. The number of benzene rings is 1. The number of hydrogen-bond donors (Lipinski definition) is 0. The van der Waals surface area contributed by atoms with Crippen molar-refractivity contribution in [2.24, 2.45) is 0 Å². The minimum Gasteiger partial charge on any atom is -0.278 e. The molecule has 0 bridgehead atoms. The van der Waals surface area contributed by atoms with Crippen molar-refractivity contribution in [1.29, 1.82) is 5.26 Å². The van der Waals surface area contributed by atoms with Crippen molar-refractivity contribution in [2.75, 3.05) is 0 Å². The Morgan fingerprint density at radius 2 is 1.72 bits per heavy atom. The van der Waals surface area contributed by atoms with E-state index in [4.69, 9.17) is 5.26 Å². The van der Waals surface area contributed by atoms with Gasteiger partial charge in [-0.3, -0.25) is 4.40 Å². The molecule has 128 valence electrons. The summed E-state index contributed by atoms with van der Waals surface area (Å²) in [6.07, 6.45) is -8.67. The van der Waals surface area contributed by atoms with Crippen LogP contribution in [0.2, 0.25) is 0 Å². The summed E-state index contributed by atoms with van der Waals surface area (Å²) in [5, 5.41) is 8.93. The second-order valence-electron chi connectivity index (χ2n) is 5.00. The van der Waals surface area contributed by atoms with E-state index in [0.29, 0.717) is 16.5 Å². The van der Waals surface area contributed by atoms with Crippen molar-refractivity contribution < 1.29 is 26.3 Å². The monoisotopic (exact) mass is 356 g/mol. The molecule has 0 aliphatic rings. The Kier molecular flexibility index (Phi) is 3.67. The molecule has 0 amide bonds. The Morgan fingerprint density at radius 1 is 1.00 bits per heavy atom. The highest BCUT2D eigenvalue weighted by molar-refractivity contribution is 5.65. The summed E-state index contributed by atoms with van der Waals surface area (Å²) in [7, 11) is 0. The molecule has 0 aliphatic carbocycles. The first-order chi connectivity index (χ1) is 11.6. The third kappa shape index (κ3) is 3.00. The van der Waals surface area contributed by atoms with Crippen LogP contribution in [0.4, 0.5) is 26.3 Å². The standard InChI is InChI=1S/C15H6F6N4/c16-14(17,18)9-3-1-2-8(4-9)10-5-12(15(19,20)21)25-7-23-11(6-22)13(25)24-10/h1-5,7H. The predicted molar refractivity (Wildman–Crippen MR) is 73.1 cm³/mol. The fourth-order valence-electron chi connectivity index (χ4n) is 2.27. The highest BCUT2D eigenvalue weighted by Crippen LogP contribution is 2.35. The molecular formula is C15H6F6N4. The normalized spacial score (nSPS) is 12.4. The molecule has 3 aromatic rings. The third-order valence-electron chi connectivity index (χ3n) is 3.38. The van der Waals surface area contributed by atoms with E-state index in [2.05, 4.69) is 9.97 Å². The van der Waals surface area contributed by atoms with E-state index in [1.807, 2.05) is 0 Å². The maximum atomic E-state index is 13.3. The second kappa shape index (κ2) is 5.47. The van der Waals surface area contributed by atoms with Crippen LogP contribution in [-0.2, 0) is 12.4 Å². The van der Waals surface area contributed by atoms with Gasteiger partial charge in [-0.15, -0.1) is 0 Å². The number of imidazole rings is 1. The molecule has 0 atom stereocenters. The summed E-state index contributed by atoms with van der Waals surface area (Å²) in [4.78, 5) is 7.42. The van der Waals surface area contributed by atoms with Crippen molar-refractivity contribution in [3.05, 3.63) is 53.6 Å². The lowest BCUT2D eigenvalue weighted by Gasteiger charge is -2.13. The van der Waals surface area contributed by atoms with E-state index < -0.39 is 23.6 Å². The molecule has 2 heterocycles. The summed E-state index contributed by atoms with van der Waals surface area (Å²) in [6, 6.07) is 5.98. The van der Waals surface area contributed by atoms with E-state index >= 15 is 0 Å².